The number of rotatable bonds is 6. The average Bonchev–Trinajstić information content (AvgIpc) is 2.97. The Hall–Kier alpha value is -0.950. The van der Waals surface area contributed by atoms with E-state index in [9.17, 15) is 5.11 Å². The number of aliphatic hydroxyl groups excluding tert-OH is 1. The summed E-state index contributed by atoms with van der Waals surface area (Å²) in [5.41, 5.74) is -0.0423. The molecule has 6 heteroatoms. The molecule has 0 amide bonds. The van der Waals surface area contributed by atoms with Crippen molar-refractivity contribution in [3.63, 3.8) is 0 Å². The zero-order valence-electron chi connectivity index (χ0n) is 15.1. The highest BCUT2D eigenvalue weighted by Crippen LogP contribution is 2.26. The summed E-state index contributed by atoms with van der Waals surface area (Å²) in [5.74, 6) is 1.60. The van der Waals surface area contributed by atoms with E-state index in [4.69, 9.17) is 9.15 Å². The molecular weight excluding hydrogens is 294 g/mol. The van der Waals surface area contributed by atoms with Gasteiger partial charge in [-0.2, -0.15) is 0 Å². The summed E-state index contributed by atoms with van der Waals surface area (Å²) in [6, 6.07) is 0.0328. The molecule has 1 aliphatic heterocycles. The lowest BCUT2D eigenvalue weighted by Crippen LogP contribution is -2.44. The number of β-amino-alcohol motifs (C(OH)–C–C–N with tert-alkyl or cyclic N) is 1. The highest BCUT2D eigenvalue weighted by atomic mass is 16.5. The van der Waals surface area contributed by atoms with Crippen LogP contribution < -0.4 is 0 Å². The van der Waals surface area contributed by atoms with Crippen LogP contribution in [0.4, 0.5) is 0 Å². The number of morpholine rings is 1. The van der Waals surface area contributed by atoms with Crippen LogP contribution >= 0.6 is 0 Å². The Morgan fingerprint density at radius 2 is 2.00 bits per heavy atom. The van der Waals surface area contributed by atoms with Gasteiger partial charge in [0.1, 0.15) is 5.76 Å². The molecule has 6 nitrogen and oxygen atoms in total. The molecule has 2 atom stereocenters. The first-order valence-electron chi connectivity index (χ1n) is 8.42. The molecule has 1 N–H and O–H groups in total. The fraction of sp³-hybridized carbons (Fsp3) is 0.824. The monoisotopic (exact) mass is 325 g/mol. The number of aliphatic hydroxyl groups is 1. The fourth-order valence-corrected chi connectivity index (χ4v) is 2.65. The number of aromatic nitrogens is 1. The van der Waals surface area contributed by atoms with Crippen molar-refractivity contribution < 1.29 is 14.3 Å². The van der Waals surface area contributed by atoms with Gasteiger partial charge < -0.3 is 14.3 Å². The molecule has 23 heavy (non-hydrogen) atoms. The van der Waals surface area contributed by atoms with E-state index in [2.05, 4.69) is 42.5 Å². The Morgan fingerprint density at radius 3 is 2.57 bits per heavy atom. The van der Waals surface area contributed by atoms with Crippen molar-refractivity contribution in [1.29, 1.82) is 0 Å². The molecular formula is C17H31N3O3. The number of oxazole rings is 1. The van der Waals surface area contributed by atoms with E-state index in [1.165, 1.54) is 0 Å². The molecule has 1 fully saturated rings. The maximum atomic E-state index is 10.3. The maximum absolute atomic E-state index is 10.3. The third-order valence-corrected chi connectivity index (χ3v) is 4.35. The second-order valence-electron chi connectivity index (χ2n) is 7.50. The van der Waals surface area contributed by atoms with E-state index in [1.807, 2.05) is 13.2 Å². The smallest absolute Gasteiger partial charge is 0.211 e. The highest BCUT2D eigenvalue weighted by Gasteiger charge is 2.24. The van der Waals surface area contributed by atoms with E-state index in [0.29, 0.717) is 19.0 Å². The molecule has 1 aromatic rings. The molecule has 1 aliphatic rings. The third-order valence-electron chi connectivity index (χ3n) is 4.35. The minimum atomic E-state index is -0.391. The fourth-order valence-electron chi connectivity index (χ4n) is 2.65. The molecule has 2 unspecified atom stereocenters. The summed E-state index contributed by atoms with van der Waals surface area (Å²) in [5, 5.41) is 10.3. The Morgan fingerprint density at radius 1 is 1.35 bits per heavy atom. The van der Waals surface area contributed by atoms with Crippen LogP contribution in [-0.2, 0) is 10.2 Å². The molecule has 0 spiro atoms. The Kier molecular flexibility index (Phi) is 6.19. The third kappa shape index (κ3) is 5.28. The quantitative estimate of drug-likeness (QED) is 0.858. The molecule has 1 saturated heterocycles. The number of hydrogen-bond acceptors (Lipinski definition) is 6. The van der Waals surface area contributed by atoms with Gasteiger partial charge in [-0.25, -0.2) is 4.98 Å². The number of nitrogens with zero attached hydrogens (tertiary/aromatic N) is 3. The average molecular weight is 325 g/mol. The minimum absolute atomic E-state index is 0.0328. The summed E-state index contributed by atoms with van der Waals surface area (Å²) in [6.45, 7) is 12.9. The number of likely N-dealkylation sites (N-methyl/N-ethyl adjacent to an activating group) is 1. The van der Waals surface area contributed by atoms with Crippen molar-refractivity contribution in [2.24, 2.45) is 0 Å². The lowest BCUT2D eigenvalue weighted by atomic mass is 9.94. The van der Waals surface area contributed by atoms with Gasteiger partial charge in [0.05, 0.1) is 31.6 Å². The summed E-state index contributed by atoms with van der Waals surface area (Å²) >= 11 is 0. The Labute approximate surface area is 139 Å². The van der Waals surface area contributed by atoms with Crippen LogP contribution in [0.3, 0.4) is 0 Å². The van der Waals surface area contributed by atoms with Crippen molar-refractivity contribution in [1.82, 2.24) is 14.8 Å². The lowest BCUT2D eigenvalue weighted by Gasteiger charge is -2.31. The molecule has 0 bridgehead atoms. The van der Waals surface area contributed by atoms with E-state index >= 15 is 0 Å². The second kappa shape index (κ2) is 7.75. The van der Waals surface area contributed by atoms with Gasteiger partial charge in [-0.3, -0.25) is 9.80 Å². The van der Waals surface area contributed by atoms with Gasteiger partial charge in [0, 0.05) is 31.6 Å². The van der Waals surface area contributed by atoms with Gasteiger partial charge in [-0.05, 0) is 14.0 Å². The van der Waals surface area contributed by atoms with Crippen molar-refractivity contribution in [3.8, 4) is 0 Å². The van der Waals surface area contributed by atoms with Crippen LogP contribution in [0, 0.1) is 0 Å². The molecule has 0 aliphatic carbocycles. The van der Waals surface area contributed by atoms with Crippen molar-refractivity contribution >= 4 is 0 Å². The Balaban J connectivity index is 1.86. The van der Waals surface area contributed by atoms with E-state index in [-0.39, 0.29) is 11.5 Å². The zero-order chi connectivity index (χ0) is 17.0. The SMILES string of the molecule is CC(c1ncc(C(C)(C)C)o1)N(C)CC(O)CN1CCOCC1. The summed E-state index contributed by atoms with van der Waals surface area (Å²) in [6.07, 6.45) is 1.42. The molecule has 2 heterocycles. The Bertz CT molecular complexity index is 478. The van der Waals surface area contributed by atoms with Crippen LogP contribution in [0.15, 0.2) is 10.6 Å². The van der Waals surface area contributed by atoms with Crippen LogP contribution in [0.1, 0.15) is 45.4 Å². The topological polar surface area (TPSA) is 62.0 Å². The molecule has 0 aromatic carbocycles. The highest BCUT2D eigenvalue weighted by molar-refractivity contribution is 5.07. The van der Waals surface area contributed by atoms with Gasteiger partial charge in [0.2, 0.25) is 5.89 Å². The largest absolute Gasteiger partial charge is 0.443 e. The predicted octanol–water partition coefficient (Wildman–Crippen LogP) is 1.66. The zero-order valence-corrected chi connectivity index (χ0v) is 15.1. The predicted molar refractivity (Wildman–Crippen MR) is 89.5 cm³/mol. The molecule has 0 radical (unpaired) electrons. The summed E-state index contributed by atoms with van der Waals surface area (Å²) in [7, 11) is 1.99. The van der Waals surface area contributed by atoms with Gasteiger partial charge in [0.25, 0.3) is 0 Å². The van der Waals surface area contributed by atoms with E-state index < -0.39 is 6.10 Å². The van der Waals surface area contributed by atoms with Crippen LogP contribution in [0.5, 0.6) is 0 Å². The summed E-state index contributed by atoms with van der Waals surface area (Å²) < 4.78 is 11.2. The number of ether oxygens (including phenoxy) is 1. The first-order valence-corrected chi connectivity index (χ1v) is 8.42. The first-order chi connectivity index (χ1) is 10.8. The van der Waals surface area contributed by atoms with E-state index in [0.717, 1.165) is 32.1 Å². The lowest BCUT2D eigenvalue weighted by molar-refractivity contribution is 0.00539. The van der Waals surface area contributed by atoms with Gasteiger partial charge in [-0.1, -0.05) is 20.8 Å². The van der Waals surface area contributed by atoms with Crippen LogP contribution in [0.2, 0.25) is 0 Å². The minimum Gasteiger partial charge on any atom is -0.443 e. The standard InChI is InChI=1S/C17H31N3O3/c1-13(16-18-10-15(23-16)17(2,3)4)19(5)11-14(21)12-20-6-8-22-9-7-20/h10,13-14,21H,6-9,11-12H2,1-5H3. The normalized spacial score (nSPS) is 20.0. The van der Waals surface area contributed by atoms with Crippen LogP contribution in [0.25, 0.3) is 0 Å². The molecule has 1 aromatic heterocycles. The van der Waals surface area contributed by atoms with Crippen molar-refractivity contribution in [2.75, 3.05) is 46.4 Å². The van der Waals surface area contributed by atoms with Gasteiger partial charge >= 0.3 is 0 Å². The first kappa shape index (κ1) is 18.4. The molecule has 0 saturated carbocycles. The van der Waals surface area contributed by atoms with Crippen molar-refractivity contribution in [3.05, 3.63) is 17.8 Å². The van der Waals surface area contributed by atoms with E-state index in [1.54, 1.807) is 0 Å². The second-order valence-corrected chi connectivity index (χ2v) is 7.50. The van der Waals surface area contributed by atoms with Crippen LogP contribution in [-0.4, -0.2) is 72.4 Å². The van der Waals surface area contributed by atoms with Crippen molar-refractivity contribution in [2.45, 2.75) is 45.3 Å². The van der Waals surface area contributed by atoms with Gasteiger partial charge in [0.15, 0.2) is 0 Å². The molecule has 2 rings (SSSR count). The van der Waals surface area contributed by atoms with Gasteiger partial charge in [-0.15, -0.1) is 0 Å². The summed E-state index contributed by atoms with van der Waals surface area (Å²) in [4.78, 5) is 8.74. The maximum Gasteiger partial charge on any atom is 0.211 e. The number of hydrogen-bond donors (Lipinski definition) is 1. The molecule has 132 valence electrons.